The molecule has 3 rings (SSSR count). The Kier molecular flexibility index (Phi) is 2.78. The van der Waals surface area contributed by atoms with Crippen LogP contribution in [-0.2, 0) is 0 Å². The number of nitrogens with zero attached hydrogens (tertiary/aromatic N) is 3. The summed E-state index contributed by atoms with van der Waals surface area (Å²) in [6.07, 6.45) is 3.25. The van der Waals surface area contributed by atoms with E-state index in [-0.39, 0.29) is 0 Å². The van der Waals surface area contributed by atoms with E-state index in [4.69, 9.17) is 5.73 Å². The molecule has 4 nitrogen and oxygen atoms in total. The maximum Gasteiger partial charge on any atom is 0.162 e. The van der Waals surface area contributed by atoms with E-state index in [0.29, 0.717) is 18.8 Å². The van der Waals surface area contributed by atoms with Crippen LogP contribution >= 0.6 is 0 Å². The Labute approximate surface area is 111 Å². The van der Waals surface area contributed by atoms with Crippen molar-refractivity contribution in [3.05, 3.63) is 48.3 Å². The zero-order chi connectivity index (χ0) is 13.5. The van der Waals surface area contributed by atoms with Crippen LogP contribution in [0.1, 0.15) is 11.6 Å². The van der Waals surface area contributed by atoms with Crippen LogP contribution in [0, 0.1) is 0 Å². The number of likely N-dealkylation sites (tertiary alicyclic amines) is 1. The summed E-state index contributed by atoms with van der Waals surface area (Å²) in [6.45, 7) is 0.818. The van der Waals surface area contributed by atoms with Gasteiger partial charge in [-0.3, -0.25) is 9.58 Å². The van der Waals surface area contributed by atoms with Crippen molar-refractivity contribution >= 4 is 5.69 Å². The molecule has 1 aromatic carbocycles. The third kappa shape index (κ3) is 2.10. The monoisotopic (exact) mass is 260 g/mol. The molecule has 1 aliphatic rings. The van der Waals surface area contributed by atoms with E-state index in [9.17, 15) is 0 Å². The lowest BCUT2D eigenvalue weighted by Crippen LogP contribution is -2.61. The molecule has 19 heavy (non-hydrogen) atoms. The van der Waals surface area contributed by atoms with E-state index in [1.807, 2.05) is 42.3 Å². The number of hydrogen-bond donors (Lipinski definition) is 1. The number of anilines is 1. The number of nitrogen functional groups attached to an aromatic ring is 1. The quantitative estimate of drug-likeness (QED) is 0.914. The van der Waals surface area contributed by atoms with Crippen molar-refractivity contribution < 1.29 is 4.39 Å². The lowest BCUT2D eigenvalue weighted by atomic mass is 9.84. The van der Waals surface area contributed by atoms with Gasteiger partial charge in [-0.2, -0.15) is 5.10 Å². The molecule has 5 heteroatoms. The predicted octanol–water partition coefficient (Wildman–Crippen LogP) is 1.71. The minimum absolute atomic E-state index is 0.409. The average Bonchev–Trinajstić information content (AvgIpc) is 2.75. The van der Waals surface area contributed by atoms with Gasteiger partial charge in [-0.15, -0.1) is 0 Å². The molecule has 1 fully saturated rings. The van der Waals surface area contributed by atoms with Crippen LogP contribution in [0.25, 0.3) is 0 Å². The number of benzene rings is 1. The highest BCUT2D eigenvalue weighted by Gasteiger charge is 2.50. The summed E-state index contributed by atoms with van der Waals surface area (Å²) in [5.41, 5.74) is 5.88. The van der Waals surface area contributed by atoms with Crippen LogP contribution in [-0.4, -0.2) is 40.5 Å². The molecule has 2 heterocycles. The lowest BCUT2D eigenvalue weighted by molar-refractivity contribution is -0.0471. The first kappa shape index (κ1) is 12.2. The molecule has 100 valence electrons. The Hall–Kier alpha value is -1.88. The van der Waals surface area contributed by atoms with Gasteiger partial charge in [0.1, 0.15) is 6.04 Å². The molecule has 1 aliphatic heterocycles. The lowest BCUT2D eigenvalue weighted by Gasteiger charge is -2.47. The molecular formula is C14H17FN4. The van der Waals surface area contributed by atoms with Gasteiger partial charge in [0.15, 0.2) is 5.67 Å². The minimum Gasteiger partial charge on any atom is -0.396 e. The van der Waals surface area contributed by atoms with Crippen LogP contribution < -0.4 is 5.73 Å². The number of aromatic nitrogens is 2. The van der Waals surface area contributed by atoms with E-state index in [1.165, 1.54) is 0 Å². The summed E-state index contributed by atoms with van der Waals surface area (Å²) in [7, 11) is 1.91. The van der Waals surface area contributed by atoms with Gasteiger partial charge in [0.2, 0.25) is 0 Å². The normalized spacial score (nSPS) is 19.9. The van der Waals surface area contributed by atoms with Crippen molar-refractivity contribution in [3.8, 4) is 0 Å². The van der Waals surface area contributed by atoms with Crippen LogP contribution in [0.2, 0.25) is 0 Å². The number of halogens is 1. The number of alkyl halides is 1. The van der Waals surface area contributed by atoms with Gasteiger partial charge < -0.3 is 5.73 Å². The van der Waals surface area contributed by atoms with E-state index in [1.54, 1.807) is 17.1 Å². The Morgan fingerprint density at radius 2 is 2.00 bits per heavy atom. The average molecular weight is 260 g/mol. The predicted molar refractivity (Wildman–Crippen MR) is 72.6 cm³/mol. The highest BCUT2D eigenvalue weighted by molar-refractivity contribution is 5.33. The summed E-state index contributed by atoms with van der Waals surface area (Å²) in [6, 6.07) is 9.20. The zero-order valence-corrected chi connectivity index (χ0v) is 10.8. The molecular weight excluding hydrogens is 243 g/mol. The van der Waals surface area contributed by atoms with Gasteiger partial charge in [0, 0.05) is 19.3 Å². The molecule has 1 aromatic heterocycles. The number of nitrogens with two attached hydrogens (primary N) is 1. The molecule has 0 aliphatic carbocycles. The molecule has 2 aromatic rings. The second-order valence-corrected chi connectivity index (χ2v) is 5.27. The number of rotatable bonds is 3. The first-order valence-electron chi connectivity index (χ1n) is 6.30. The Bertz CT molecular complexity index is 560. The van der Waals surface area contributed by atoms with Crippen LogP contribution in [0.5, 0.6) is 0 Å². The standard InChI is InChI=1S/C14H17FN4/c1-18-9-14(15,10-18)13(11-5-3-2-4-6-11)19-8-12(16)7-17-19/h2-8,13H,9-10,16H2,1H3. The summed E-state index contributed by atoms with van der Waals surface area (Å²) >= 11 is 0. The Morgan fingerprint density at radius 3 is 2.53 bits per heavy atom. The van der Waals surface area contributed by atoms with E-state index < -0.39 is 11.7 Å². The summed E-state index contributed by atoms with van der Waals surface area (Å²) in [4.78, 5) is 1.96. The molecule has 1 atom stereocenters. The molecule has 0 spiro atoms. The highest BCUT2D eigenvalue weighted by atomic mass is 19.1. The maximum absolute atomic E-state index is 15.1. The van der Waals surface area contributed by atoms with E-state index in [0.717, 1.165) is 5.56 Å². The van der Waals surface area contributed by atoms with Gasteiger partial charge >= 0.3 is 0 Å². The van der Waals surface area contributed by atoms with Crippen molar-refractivity contribution in [2.24, 2.45) is 0 Å². The minimum atomic E-state index is -1.30. The van der Waals surface area contributed by atoms with Crippen molar-refractivity contribution in [1.29, 1.82) is 0 Å². The van der Waals surface area contributed by atoms with Gasteiger partial charge in [-0.05, 0) is 12.6 Å². The smallest absolute Gasteiger partial charge is 0.162 e. The Balaban J connectivity index is 2.02. The number of hydrogen-bond acceptors (Lipinski definition) is 3. The molecule has 0 radical (unpaired) electrons. The Morgan fingerprint density at radius 1 is 1.32 bits per heavy atom. The second kappa shape index (κ2) is 4.35. The second-order valence-electron chi connectivity index (χ2n) is 5.27. The molecule has 1 unspecified atom stereocenters. The summed E-state index contributed by atoms with van der Waals surface area (Å²) in [5.74, 6) is 0. The molecule has 1 saturated heterocycles. The fourth-order valence-electron chi connectivity index (χ4n) is 2.84. The van der Waals surface area contributed by atoms with Crippen molar-refractivity contribution in [2.45, 2.75) is 11.7 Å². The van der Waals surface area contributed by atoms with E-state index >= 15 is 4.39 Å². The van der Waals surface area contributed by atoms with Crippen LogP contribution in [0.4, 0.5) is 10.1 Å². The SMILES string of the molecule is CN1CC(F)(C(c2ccccc2)n2cc(N)cn2)C1. The molecule has 0 saturated carbocycles. The first-order chi connectivity index (χ1) is 9.08. The zero-order valence-electron chi connectivity index (χ0n) is 10.8. The molecule has 0 bridgehead atoms. The van der Waals surface area contributed by atoms with Gasteiger partial charge in [-0.25, -0.2) is 4.39 Å². The summed E-state index contributed by atoms with van der Waals surface area (Å²) in [5, 5.41) is 4.20. The third-order valence-corrected chi connectivity index (χ3v) is 3.56. The fourth-order valence-corrected chi connectivity index (χ4v) is 2.84. The first-order valence-corrected chi connectivity index (χ1v) is 6.30. The van der Waals surface area contributed by atoms with Gasteiger partial charge in [0.05, 0.1) is 11.9 Å². The third-order valence-electron chi connectivity index (χ3n) is 3.56. The van der Waals surface area contributed by atoms with Crippen molar-refractivity contribution in [2.75, 3.05) is 25.9 Å². The van der Waals surface area contributed by atoms with E-state index in [2.05, 4.69) is 5.10 Å². The highest BCUT2D eigenvalue weighted by Crippen LogP contribution is 2.39. The molecule has 0 amide bonds. The fraction of sp³-hybridized carbons (Fsp3) is 0.357. The largest absolute Gasteiger partial charge is 0.396 e. The van der Waals surface area contributed by atoms with Gasteiger partial charge in [-0.1, -0.05) is 30.3 Å². The summed E-state index contributed by atoms with van der Waals surface area (Å²) < 4.78 is 16.7. The van der Waals surface area contributed by atoms with Gasteiger partial charge in [0.25, 0.3) is 0 Å². The van der Waals surface area contributed by atoms with Crippen molar-refractivity contribution in [3.63, 3.8) is 0 Å². The molecule has 2 N–H and O–H groups in total. The van der Waals surface area contributed by atoms with Crippen molar-refractivity contribution in [1.82, 2.24) is 14.7 Å². The topological polar surface area (TPSA) is 47.1 Å². The van der Waals surface area contributed by atoms with Crippen LogP contribution in [0.15, 0.2) is 42.7 Å². The maximum atomic E-state index is 15.1. The van der Waals surface area contributed by atoms with Crippen LogP contribution in [0.3, 0.4) is 0 Å².